The van der Waals surface area contributed by atoms with Gasteiger partial charge in [0.1, 0.15) is 5.75 Å². The highest BCUT2D eigenvalue weighted by Gasteiger charge is 2.32. The molecule has 0 unspecified atom stereocenters. The van der Waals surface area contributed by atoms with Gasteiger partial charge in [-0.1, -0.05) is 28.1 Å². The van der Waals surface area contributed by atoms with E-state index in [1.54, 1.807) is 18.3 Å². The molecule has 30 heavy (non-hydrogen) atoms. The second kappa shape index (κ2) is 9.04. The van der Waals surface area contributed by atoms with E-state index >= 15 is 0 Å². The van der Waals surface area contributed by atoms with Crippen molar-refractivity contribution in [2.45, 2.75) is 46.2 Å². The summed E-state index contributed by atoms with van der Waals surface area (Å²) in [4.78, 5) is 14.4. The lowest BCUT2D eigenvalue weighted by molar-refractivity contribution is -0.123. The Labute approximate surface area is 186 Å². The smallest absolute Gasteiger partial charge is 0.277 e. The minimum Gasteiger partial charge on any atom is -0.484 e. The van der Waals surface area contributed by atoms with Crippen molar-refractivity contribution < 1.29 is 9.53 Å². The molecule has 1 heterocycles. The topological polar surface area (TPSA) is 53.9 Å². The standard InChI is InChI=1S/C24H28BrN3O2/c1-16(2)28-22-11-6-18(12-21(22)17(3)13-24(28,4)5)14-26-27-23(29)15-30-20-9-7-19(25)8-10-20/h6-14,16H,15H2,1-5H3,(H,27,29)/b26-14+. The van der Waals surface area contributed by atoms with E-state index in [0.29, 0.717) is 11.8 Å². The average molecular weight is 470 g/mol. The molecule has 1 N–H and O–H groups in total. The molecule has 2 aromatic rings. The second-order valence-electron chi connectivity index (χ2n) is 8.26. The molecule has 3 rings (SSSR count). The van der Waals surface area contributed by atoms with Crippen LogP contribution in [0.4, 0.5) is 5.69 Å². The summed E-state index contributed by atoms with van der Waals surface area (Å²) < 4.78 is 6.41. The molecule has 6 heteroatoms. The number of carbonyl (C=O) groups is 1. The van der Waals surface area contributed by atoms with Gasteiger partial charge >= 0.3 is 0 Å². The first-order valence-corrected chi connectivity index (χ1v) is 10.8. The summed E-state index contributed by atoms with van der Waals surface area (Å²) in [6.07, 6.45) is 3.96. The fourth-order valence-electron chi connectivity index (χ4n) is 3.98. The quantitative estimate of drug-likeness (QED) is 0.455. The number of rotatable bonds is 6. The summed E-state index contributed by atoms with van der Waals surface area (Å²) >= 11 is 3.36. The maximum absolute atomic E-state index is 12.0. The Morgan fingerprint density at radius 1 is 1.23 bits per heavy atom. The van der Waals surface area contributed by atoms with Gasteiger partial charge in [-0.25, -0.2) is 5.43 Å². The third-order valence-corrected chi connectivity index (χ3v) is 5.53. The predicted octanol–water partition coefficient (Wildman–Crippen LogP) is 5.39. The van der Waals surface area contributed by atoms with Crippen molar-refractivity contribution in [3.05, 3.63) is 64.1 Å². The molecule has 158 valence electrons. The van der Waals surface area contributed by atoms with Crippen molar-refractivity contribution in [1.29, 1.82) is 0 Å². The number of nitrogens with zero attached hydrogens (tertiary/aromatic N) is 2. The van der Waals surface area contributed by atoms with Gasteiger partial charge in [0.15, 0.2) is 6.61 Å². The van der Waals surface area contributed by atoms with Gasteiger partial charge in [0, 0.05) is 21.8 Å². The van der Waals surface area contributed by atoms with E-state index in [4.69, 9.17) is 4.74 Å². The molecule has 2 aromatic carbocycles. The molecule has 1 amide bonds. The molecule has 0 saturated carbocycles. The number of allylic oxidation sites excluding steroid dienone is 1. The molecule has 0 spiro atoms. The highest BCUT2D eigenvalue weighted by molar-refractivity contribution is 9.10. The van der Waals surface area contributed by atoms with Gasteiger partial charge in [-0.15, -0.1) is 0 Å². The third kappa shape index (κ3) is 5.11. The number of anilines is 1. The lowest BCUT2D eigenvalue weighted by Crippen LogP contribution is -2.49. The van der Waals surface area contributed by atoms with Crippen LogP contribution < -0.4 is 15.1 Å². The zero-order valence-electron chi connectivity index (χ0n) is 18.1. The van der Waals surface area contributed by atoms with Gasteiger partial charge in [0.05, 0.1) is 11.8 Å². The van der Waals surface area contributed by atoms with E-state index in [2.05, 4.69) is 84.2 Å². The van der Waals surface area contributed by atoms with Gasteiger partial charge in [-0.2, -0.15) is 5.10 Å². The van der Waals surface area contributed by atoms with Gasteiger partial charge in [-0.3, -0.25) is 4.79 Å². The van der Waals surface area contributed by atoms with Crippen LogP contribution in [-0.2, 0) is 4.79 Å². The SMILES string of the molecule is CC1=CC(C)(C)N(C(C)C)c2ccc(/C=N/NC(=O)COc3ccc(Br)cc3)cc21. The average Bonchev–Trinajstić information content (AvgIpc) is 2.67. The molecular weight excluding hydrogens is 442 g/mol. The minimum absolute atomic E-state index is 0.0380. The fourth-order valence-corrected chi connectivity index (χ4v) is 4.25. The number of nitrogens with one attached hydrogen (secondary N) is 1. The lowest BCUT2D eigenvalue weighted by atomic mass is 9.87. The van der Waals surface area contributed by atoms with Crippen molar-refractivity contribution in [2.24, 2.45) is 5.10 Å². The number of hydrazone groups is 1. The number of hydrogen-bond donors (Lipinski definition) is 1. The van der Waals surface area contributed by atoms with Gasteiger partial charge < -0.3 is 9.64 Å². The second-order valence-corrected chi connectivity index (χ2v) is 9.17. The fraction of sp³-hybridized carbons (Fsp3) is 0.333. The summed E-state index contributed by atoms with van der Waals surface area (Å²) in [5.74, 6) is 0.322. The van der Waals surface area contributed by atoms with Crippen LogP contribution in [-0.4, -0.2) is 30.3 Å². The summed E-state index contributed by atoms with van der Waals surface area (Å²) in [5, 5.41) is 4.08. The van der Waals surface area contributed by atoms with Crippen LogP contribution in [0.3, 0.4) is 0 Å². The summed E-state index contributed by atoms with van der Waals surface area (Å²) in [5.41, 5.74) is 7.06. The first kappa shape index (κ1) is 22.1. The zero-order valence-corrected chi connectivity index (χ0v) is 19.7. The molecule has 0 aliphatic carbocycles. The summed E-state index contributed by atoms with van der Waals surface area (Å²) in [6.45, 7) is 10.9. The highest BCUT2D eigenvalue weighted by atomic mass is 79.9. The number of halogens is 1. The van der Waals surface area contributed by atoms with Gasteiger partial charge in [-0.05, 0) is 82.2 Å². The number of ether oxygens (including phenoxy) is 1. The monoisotopic (exact) mass is 469 g/mol. The number of amides is 1. The van der Waals surface area contributed by atoms with Crippen molar-refractivity contribution in [1.82, 2.24) is 5.43 Å². The Morgan fingerprint density at radius 3 is 2.60 bits per heavy atom. The first-order valence-electron chi connectivity index (χ1n) is 10.0. The van der Waals surface area contributed by atoms with Crippen molar-refractivity contribution in [3.8, 4) is 5.75 Å². The number of benzene rings is 2. The number of hydrogen-bond acceptors (Lipinski definition) is 4. The molecule has 1 aliphatic rings. The zero-order chi connectivity index (χ0) is 21.9. The molecule has 0 aromatic heterocycles. The molecule has 5 nitrogen and oxygen atoms in total. The van der Waals surface area contributed by atoms with Crippen molar-refractivity contribution in [3.63, 3.8) is 0 Å². The van der Waals surface area contributed by atoms with Crippen LogP contribution in [0.2, 0.25) is 0 Å². The molecule has 0 saturated heterocycles. The molecular formula is C24H28BrN3O2. The third-order valence-electron chi connectivity index (χ3n) is 5.00. The minimum atomic E-state index is -0.309. The van der Waals surface area contributed by atoms with E-state index in [-0.39, 0.29) is 18.1 Å². The predicted molar refractivity (Wildman–Crippen MR) is 127 cm³/mol. The Hall–Kier alpha value is -2.60. The van der Waals surface area contributed by atoms with Crippen LogP contribution in [0.15, 0.2) is 58.1 Å². The lowest BCUT2D eigenvalue weighted by Gasteiger charge is -2.46. The Kier molecular flexibility index (Phi) is 6.66. The maximum atomic E-state index is 12.0. The molecule has 0 atom stereocenters. The van der Waals surface area contributed by atoms with E-state index in [1.165, 1.54) is 16.8 Å². The van der Waals surface area contributed by atoms with E-state index in [9.17, 15) is 4.79 Å². The van der Waals surface area contributed by atoms with Gasteiger partial charge in [0.25, 0.3) is 5.91 Å². The summed E-state index contributed by atoms with van der Waals surface area (Å²) in [7, 11) is 0. The Balaban J connectivity index is 1.65. The molecule has 0 fully saturated rings. The largest absolute Gasteiger partial charge is 0.484 e. The number of carbonyl (C=O) groups excluding carboxylic acids is 1. The highest BCUT2D eigenvalue weighted by Crippen LogP contribution is 2.40. The van der Waals surface area contributed by atoms with Crippen molar-refractivity contribution in [2.75, 3.05) is 11.5 Å². The normalized spacial score (nSPS) is 15.2. The van der Waals surface area contributed by atoms with E-state index < -0.39 is 0 Å². The van der Waals surface area contributed by atoms with Crippen LogP contribution in [0.1, 0.15) is 45.7 Å². The molecule has 1 aliphatic heterocycles. The summed E-state index contributed by atoms with van der Waals surface area (Å²) in [6, 6.07) is 14.0. The Morgan fingerprint density at radius 2 is 1.93 bits per heavy atom. The van der Waals surface area contributed by atoms with Crippen LogP contribution in [0, 0.1) is 0 Å². The number of fused-ring (bicyclic) bond motifs is 1. The van der Waals surface area contributed by atoms with Crippen LogP contribution in [0.5, 0.6) is 5.75 Å². The van der Waals surface area contributed by atoms with Crippen LogP contribution >= 0.6 is 15.9 Å². The van der Waals surface area contributed by atoms with Gasteiger partial charge in [0.2, 0.25) is 0 Å². The maximum Gasteiger partial charge on any atom is 0.277 e. The molecule has 0 radical (unpaired) electrons. The molecule has 0 bridgehead atoms. The van der Waals surface area contributed by atoms with Crippen molar-refractivity contribution >= 4 is 39.3 Å². The van der Waals surface area contributed by atoms with E-state index in [0.717, 1.165) is 10.0 Å². The van der Waals surface area contributed by atoms with Crippen LogP contribution in [0.25, 0.3) is 5.57 Å². The van der Waals surface area contributed by atoms with E-state index in [1.807, 2.05) is 18.2 Å². The first-order chi connectivity index (χ1) is 14.2. The Bertz CT molecular complexity index is 978.